The summed E-state index contributed by atoms with van der Waals surface area (Å²) in [4.78, 5) is 4.34. The number of hydrogen-bond acceptors (Lipinski definition) is 3. The molecule has 0 spiro atoms. The van der Waals surface area contributed by atoms with E-state index in [1.54, 1.807) is 30.6 Å². The molecule has 0 aliphatic heterocycles. The molecule has 0 fully saturated rings. The lowest BCUT2D eigenvalue weighted by Gasteiger charge is -2.21. The number of aromatic nitrogens is 1. The first-order chi connectivity index (χ1) is 9.95. The summed E-state index contributed by atoms with van der Waals surface area (Å²) in [5.74, 6) is 0.231. The maximum absolute atomic E-state index is 12.7. The molecule has 0 saturated heterocycles. The first-order valence-electron chi connectivity index (χ1n) is 6.86. The molecule has 1 aromatic heterocycles. The molecule has 0 bridgehead atoms. The molecule has 0 aliphatic rings. The van der Waals surface area contributed by atoms with E-state index >= 15 is 0 Å². The molecule has 0 amide bonds. The fourth-order valence-corrected chi connectivity index (χ4v) is 4.38. The van der Waals surface area contributed by atoms with Crippen molar-refractivity contribution in [3.05, 3.63) is 36.7 Å². The molecule has 1 unspecified atom stereocenters. The highest BCUT2D eigenvalue weighted by atomic mass is 79.9. The van der Waals surface area contributed by atoms with E-state index in [0.717, 1.165) is 17.1 Å². The van der Waals surface area contributed by atoms with Gasteiger partial charge in [-0.3, -0.25) is 4.98 Å². The Morgan fingerprint density at radius 2 is 2.05 bits per heavy atom. The Morgan fingerprint density at radius 1 is 1.29 bits per heavy atom. The minimum Gasteiger partial charge on any atom is -0.264 e. The van der Waals surface area contributed by atoms with Gasteiger partial charge in [0.05, 0.1) is 4.90 Å². The molecule has 1 N–H and O–H groups in total. The van der Waals surface area contributed by atoms with Gasteiger partial charge in [-0.1, -0.05) is 41.9 Å². The van der Waals surface area contributed by atoms with Crippen LogP contribution in [0.1, 0.15) is 20.3 Å². The number of fused-ring (bicyclic) bond motifs is 1. The molecule has 0 aliphatic carbocycles. The molecule has 0 saturated carbocycles. The average molecular weight is 371 g/mol. The maximum Gasteiger partial charge on any atom is 0.241 e. The lowest BCUT2D eigenvalue weighted by Crippen LogP contribution is -2.38. The fourth-order valence-electron chi connectivity index (χ4n) is 2.24. The summed E-state index contributed by atoms with van der Waals surface area (Å²) < 4.78 is 28.2. The van der Waals surface area contributed by atoms with Crippen molar-refractivity contribution in [1.29, 1.82) is 0 Å². The molecule has 0 radical (unpaired) electrons. The zero-order valence-electron chi connectivity index (χ0n) is 12.1. The van der Waals surface area contributed by atoms with Gasteiger partial charge in [-0.05, 0) is 24.5 Å². The van der Waals surface area contributed by atoms with Crippen LogP contribution in [0.2, 0.25) is 0 Å². The number of pyridine rings is 1. The molecular weight excluding hydrogens is 352 g/mol. The van der Waals surface area contributed by atoms with Crippen molar-refractivity contribution >= 4 is 36.7 Å². The summed E-state index contributed by atoms with van der Waals surface area (Å²) in [5, 5.41) is 2.28. The second-order valence-corrected chi connectivity index (χ2v) is 7.78. The Labute approximate surface area is 134 Å². The standard InChI is InChI=1S/C15H19BrN2O2S/c1-11(2)14(6-8-16)18-21(19,20)15-5-3-4-12-10-17-9-7-13(12)15/h3-5,7,9-11,14,18H,6,8H2,1-2H3. The van der Waals surface area contributed by atoms with Gasteiger partial charge in [-0.2, -0.15) is 0 Å². The third kappa shape index (κ3) is 3.81. The Morgan fingerprint density at radius 3 is 2.71 bits per heavy atom. The minimum absolute atomic E-state index is 0.0912. The number of rotatable bonds is 6. The van der Waals surface area contributed by atoms with E-state index in [1.165, 1.54) is 0 Å². The third-order valence-corrected chi connectivity index (χ3v) is 5.47. The van der Waals surface area contributed by atoms with Gasteiger partial charge in [-0.25, -0.2) is 13.1 Å². The Balaban J connectivity index is 2.42. The van der Waals surface area contributed by atoms with Crippen LogP contribution in [0, 0.1) is 5.92 Å². The molecule has 1 heterocycles. The normalized spacial score (nSPS) is 13.7. The second-order valence-electron chi connectivity index (χ2n) is 5.30. The molecule has 21 heavy (non-hydrogen) atoms. The molecular formula is C15H19BrN2O2S. The van der Waals surface area contributed by atoms with Gasteiger partial charge in [0, 0.05) is 34.5 Å². The van der Waals surface area contributed by atoms with Crippen molar-refractivity contribution in [1.82, 2.24) is 9.71 Å². The van der Waals surface area contributed by atoms with Gasteiger partial charge in [0.2, 0.25) is 10.0 Å². The lowest BCUT2D eigenvalue weighted by molar-refractivity contribution is 0.440. The van der Waals surface area contributed by atoms with Crippen molar-refractivity contribution in [2.24, 2.45) is 5.92 Å². The Bertz CT molecular complexity index is 711. The predicted molar refractivity (Wildman–Crippen MR) is 89.1 cm³/mol. The Kier molecular flexibility index (Phi) is 5.35. The van der Waals surface area contributed by atoms with E-state index < -0.39 is 10.0 Å². The van der Waals surface area contributed by atoms with Crippen molar-refractivity contribution in [3.8, 4) is 0 Å². The van der Waals surface area contributed by atoms with Crippen molar-refractivity contribution in [2.45, 2.75) is 31.2 Å². The zero-order valence-corrected chi connectivity index (χ0v) is 14.5. The van der Waals surface area contributed by atoms with Crippen LogP contribution in [0.15, 0.2) is 41.6 Å². The lowest BCUT2D eigenvalue weighted by atomic mass is 10.0. The van der Waals surface area contributed by atoms with Crippen LogP contribution in [-0.4, -0.2) is 24.8 Å². The van der Waals surface area contributed by atoms with Gasteiger partial charge < -0.3 is 0 Å². The number of sulfonamides is 1. The highest BCUT2D eigenvalue weighted by Crippen LogP contribution is 2.23. The van der Waals surface area contributed by atoms with Crippen LogP contribution < -0.4 is 4.72 Å². The van der Waals surface area contributed by atoms with Crippen LogP contribution in [0.3, 0.4) is 0 Å². The number of alkyl halides is 1. The third-order valence-electron chi connectivity index (χ3n) is 3.46. The molecule has 2 aromatic rings. The van der Waals surface area contributed by atoms with Gasteiger partial charge in [0.25, 0.3) is 0 Å². The van der Waals surface area contributed by atoms with E-state index in [9.17, 15) is 8.42 Å². The molecule has 1 aromatic carbocycles. The first kappa shape index (κ1) is 16.4. The summed E-state index contributed by atoms with van der Waals surface area (Å²) in [7, 11) is -3.55. The Hall–Kier alpha value is -0.980. The SMILES string of the molecule is CC(C)C(CCBr)NS(=O)(=O)c1cccc2cnccc12. The van der Waals surface area contributed by atoms with Gasteiger partial charge >= 0.3 is 0 Å². The number of hydrogen-bond donors (Lipinski definition) is 1. The smallest absolute Gasteiger partial charge is 0.241 e. The summed E-state index contributed by atoms with van der Waals surface area (Å²) in [6.07, 6.45) is 4.04. The monoisotopic (exact) mass is 370 g/mol. The molecule has 114 valence electrons. The van der Waals surface area contributed by atoms with Crippen LogP contribution in [0.25, 0.3) is 10.8 Å². The topological polar surface area (TPSA) is 59.1 Å². The van der Waals surface area contributed by atoms with E-state index in [1.807, 2.05) is 19.9 Å². The van der Waals surface area contributed by atoms with Crippen LogP contribution >= 0.6 is 15.9 Å². The number of halogens is 1. The minimum atomic E-state index is -3.55. The largest absolute Gasteiger partial charge is 0.264 e. The van der Waals surface area contributed by atoms with Crippen molar-refractivity contribution in [3.63, 3.8) is 0 Å². The molecule has 2 rings (SSSR count). The molecule has 1 atom stereocenters. The van der Waals surface area contributed by atoms with Crippen molar-refractivity contribution in [2.75, 3.05) is 5.33 Å². The van der Waals surface area contributed by atoms with Crippen LogP contribution in [0.5, 0.6) is 0 Å². The van der Waals surface area contributed by atoms with Gasteiger partial charge in [0.15, 0.2) is 0 Å². The van der Waals surface area contributed by atoms with Crippen molar-refractivity contribution < 1.29 is 8.42 Å². The van der Waals surface area contributed by atoms with E-state index in [0.29, 0.717) is 10.3 Å². The number of benzene rings is 1. The zero-order chi connectivity index (χ0) is 15.5. The molecule has 6 heteroatoms. The summed E-state index contributed by atoms with van der Waals surface area (Å²) in [5.41, 5.74) is 0. The van der Waals surface area contributed by atoms with Crippen LogP contribution in [-0.2, 0) is 10.0 Å². The summed E-state index contributed by atoms with van der Waals surface area (Å²) in [6, 6.07) is 6.88. The van der Waals surface area contributed by atoms with E-state index in [2.05, 4.69) is 25.6 Å². The van der Waals surface area contributed by atoms with Gasteiger partial charge in [-0.15, -0.1) is 0 Å². The second kappa shape index (κ2) is 6.85. The number of nitrogens with zero attached hydrogens (tertiary/aromatic N) is 1. The van der Waals surface area contributed by atoms with E-state index in [4.69, 9.17) is 0 Å². The highest BCUT2D eigenvalue weighted by molar-refractivity contribution is 9.09. The van der Waals surface area contributed by atoms with E-state index in [-0.39, 0.29) is 12.0 Å². The number of nitrogens with one attached hydrogen (secondary N) is 1. The quantitative estimate of drug-likeness (QED) is 0.793. The molecule has 4 nitrogen and oxygen atoms in total. The first-order valence-corrected chi connectivity index (χ1v) is 9.47. The van der Waals surface area contributed by atoms with Crippen LogP contribution in [0.4, 0.5) is 0 Å². The fraction of sp³-hybridized carbons (Fsp3) is 0.400. The predicted octanol–water partition coefficient (Wildman–Crippen LogP) is 3.32. The van der Waals surface area contributed by atoms with Gasteiger partial charge in [0.1, 0.15) is 0 Å². The summed E-state index contributed by atoms with van der Waals surface area (Å²) >= 11 is 3.38. The average Bonchev–Trinajstić information content (AvgIpc) is 2.46. The summed E-state index contributed by atoms with van der Waals surface area (Å²) in [6.45, 7) is 4.03. The highest BCUT2D eigenvalue weighted by Gasteiger charge is 2.23. The maximum atomic E-state index is 12.7.